The van der Waals surface area contributed by atoms with Gasteiger partial charge in [0.25, 0.3) is 0 Å². The van der Waals surface area contributed by atoms with Crippen LogP contribution in [0.15, 0.2) is 48.5 Å². The van der Waals surface area contributed by atoms with E-state index in [9.17, 15) is 0 Å². The number of aryl methyl sites for hydroxylation is 1. The molecule has 0 radical (unpaired) electrons. The maximum absolute atomic E-state index is 5.90. The number of hydrogen-bond acceptors (Lipinski definition) is 1. The van der Waals surface area contributed by atoms with Crippen LogP contribution >= 0.6 is 0 Å². The van der Waals surface area contributed by atoms with E-state index in [1.165, 1.54) is 17.5 Å². The zero-order chi connectivity index (χ0) is 13.7. The Labute approximate surface area is 116 Å². The Bertz CT molecular complexity index is 511. The van der Waals surface area contributed by atoms with Gasteiger partial charge in [-0.25, -0.2) is 0 Å². The van der Waals surface area contributed by atoms with E-state index < -0.39 is 0 Å². The molecule has 0 bridgehead atoms. The van der Waals surface area contributed by atoms with Gasteiger partial charge in [-0.1, -0.05) is 51.5 Å². The molecule has 0 N–H and O–H groups in total. The van der Waals surface area contributed by atoms with E-state index in [1.54, 1.807) is 0 Å². The summed E-state index contributed by atoms with van der Waals surface area (Å²) >= 11 is 0. The summed E-state index contributed by atoms with van der Waals surface area (Å²) in [6.45, 7) is 6.58. The highest BCUT2D eigenvalue weighted by Crippen LogP contribution is 2.25. The molecule has 1 nitrogen and oxygen atoms in total. The van der Waals surface area contributed by atoms with Crippen molar-refractivity contribution in [1.29, 1.82) is 0 Å². The lowest BCUT2D eigenvalue weighted by molar-refractivity contribution is 0.481. The quantitative estimate of drug-likeness (QED) is 0.679. The lowest BCUT2D eigenvalue weighted by Gasteiger charge is -2.10. The van der Waals surface area contributed by atoms with Gasteiger partial charge in [0, 0.05) is 0 Å². The molecule has 0 saturated carbocycles. The van der Waals surface area contributed by atoms with Crippen LogP contribution in [0, 0.1) is 0 Å². The lowest BCUT2D eigenvalue weighted by atomic mass is 10.0. The van der Waals surface area contributed by atoms with Crippen molar-refractivity contribution in [3.63, 3.8) is 0 Å². The van der Waals surface area contributed by atoms with Gasteiger partial charge in [0.2, 0.25) is 0 Å². The highest BCUT2D eigenvalue weighted by molar-refractivity contribution is 5.36. The predicted octanol–water partition coefficient (Wildman–Crippen LogP) is 5.55. The monoisotopic (exact) mass is 254 g/mol. The minimum atomic E-state index is 0.524. The topological polar surface area (TPSA) is 9.23 Å². The number of benzene rings is 2. The standard InChI is InChI=1S/C18H22O/c1-4-6-15-9-11-17(12-10-15)19-18-8-5-7-16(13-18)14(2)3/h5,7-14H,4,6H2,1-3H3. The fourth-order valence-corrected chi connectivity index (χ4v) is 2.09. The van der Waals surface area contributed by atoms with Gasteiger partial charge in [0.1, 0.15) is 11.5 Å². The highest BCUT2D eigenvalue weighted by Gasteiger charge is 2.02. The van der Waals surface area contributed by atoms with Crippen LogP contribution in [0.4, 0.5) is 0 Å². The van der Waals surface area contributed by atoms with Gasteiger partial charge < -0.3 is 4.74 Å². The van der Waals surface area contributed by atoms with Crippen LogP contribution in [-0.4, -0.2) is 0 Å². The average Bonchev–Trinajstić information content (AvgIpc) is 2.42. The van der Waals surface area contributed by atoms with Crippen molar-refractivity contribution in [2.75, 3.05) is 0 Å². The molecule has 0 aliphatic rings. The Morgan fingerprint density at radius 3 is 2.32 bits per heavy atom. The Kier molecular flexibility index (Phi) is 4.62. The average molecular weight is 254 g/mol. The molecule has 2 rings (SSSR count). The Morgan fingerprint density at radius 1 is 0.947 bits per heavy atom. The molecule has 1 heteroatoms. The smallest absolute Gasteiger partial charge is 0.127 e. The fraction of sp³-hybridized carbons (Fsp3) is 0.333. The van der Waals surface area contributed by atoms with Gasteiger partial charge >= 0.3 is 0 Å². The van der Waals surface area contributed by atoms with E-state index in [-0.39, 0.29) is 0 Å². The minimum Gasteiger partial charge on any atom is -0.457 e. The maximum Gasteiger partial charge on any atom is 0.127 e. The van der Waals surface area contributed by atoms with Gasteiger partial charge in [-0.3, -0.25) is 0 Å². The SMILES string of the molecule is CCCc1ccc(Oc2cccc(C(C)C)c2)cc1. The normalized spacial score (nSPS) is 10.7. The predicted molar refractivity (Wildman–Crippen MR) is 81.0 cm³/mol. The molecule has 0 aliphatic heterocycles. The summed E-state index contributed by atoms with van der Waals surface area (Å²) in [6.07, 6.45) is 2.31. The van der Waals surface area contributed by atoms with E-state index in [2.05, 4.69) is 51.1 Å². The second-order valence-corrected chi connectivity index (χ2v) is 5.22. The summed E-state index contributed by atoms with van der Waals surface area (Å²) in [5.74, 6) is 2.34. The summed E-state index contributed by atoms with van der Waals surface area (Å²) in [4.78, 5) is 0. The third kappa shape index (κ3) is 3.85. The van der Waals surface area contributed by atoms with Crippen molar-refractivity contribution in [1.82, 2.24) is 0 Å². The number of rotatable bonds is 5. The first-order valence-electron chi connectivity index (χ1n) is 7.06. The lowest BCUT2D eigenvalue weighted by Crippen LogP contribution is -1.90. The highest BCUT2D eigenvalue weighted by atomic mass is 16.5. The first-order valence-corrected chi connectivity index (χ1v) is 7.06. The molecule has 0 amide bonds. The molecule has 0 spiro atoms. The van der Waals surface area contributed by atoms with Crippen LogP contribution in [0.5, 0.6) is 11.5 Å². The number of hydrogen-bond donors (Lipinski definition) is 0. The van der Waals surface area contributed by atoms with E-state index in [0.717, 1.165) is 17.9 Å². The van der Waals surface area contributed by atoms with Crippen molar-refractivity contribution < 1.29 is 4.74 Å². The molecular formula is C18H22O. The van der Waals surface area contributed by atoms with Gasteiger partial charge in [-0.2, -0.15) is 0 Å². The largest absolute Gasteiger partial charge is 0.457 e. The third-order valence-electron chi connectivity index (χ3n) is 3.22. The molecule has 0 heterocycles. The molecule has 0 atom stereocenters. The van der Waals surface area contributed by atoms with E-state index in [0.29, 0.717) is 5.92 Å². The van der Waals surface area contributed by atoms with Crippen LogP contribution < -0.4 is 4.74 Å². The van der Waals surface area contributed by atoms with E-state index in [1.807, 2.05) is 18.2 Å². The van der Waals surface area contributed by atoms with Crippen molar-refractivity contribution in [3.8, 4) is 11.5 Å². The Hall–Kier alpha value is -1.76. The molecule has 0 saturated heterocycles. The molecular weight excluding hydrogens is 232 g/mol. The van der Waals surface area contributed by atoms with Gasteiger partial charge in [0.05, 0.1) is 0 Å². The molecule has 2 aromatic rings. The third-order valence-corrected chi connectivity index (χ3v) is 3.22. The van der Waals surface area contributed by atoms with Crippen molar-refractivity contribution >= 4 is 0 Å². The second-order valence-electron chi connectivity index (χ2n) is 5.22. The van der Waals surface area contributed by atoms with E-state index in [4.69, 9.17) is 4.74 Å². The summed E-state index contributed by atoms with van der Waals surface area (Å²) in [7, 11) is 0. The Balaban J connectivity index is 2.10. The van der Waals surface area contributed by atoms with Crippen LogP contribution in [0.1, 0.15) is 44.2 Å². The Morgan fingerprint density at radius 2 is 1.68 bits per heavy atom. The molecule has 100 valence electrons. The summed E-state index contributed by atoms with van der Waals surface area (Å²) in [5, 5.41) is 0. The molecule has 2 aromatic carbocycles. The van der Waals surface area contributed by atoms with Crippen LogP contribution in [0.25, 0.3) is 0 Å². The summed E-state index contributed by atoms with van der Waals surface area (Å²) in [5.41, 5.74) is 2.67. The first kappa shape index (κ1) is 13.7. The first-order chi connectivity index (χ1) is 9.19. The molecule has 0 aliphatic carbocycles. The van der Waals surface area contributed by atoms with Gasteiger partial charge in [-0.15, -0.1) is 0 Å². The molecule has 0 fully saturated rings. The van der Waals surface area contributed by atoms with Gasteiger partial charge in [-0.05, 0) is 47.7 Å². The molecule has 19 heavy (non-hydrogen) atoms. The van der Waals surface area contributed by atoms with Gasteiger partial charge in [0.15, 0.2) is 0 Å². The second kappa shape index (κ2) is 6.42. The summed E-state index contributed by atoms with van der Waals surface area (Å²) in [6, 6.07) is 16.7. The van der Waals surface area contributed by atoms with Crippen LogP contribution in [0.3, 0.4) is 0 Å². The van der Waals surface area contributed by atoms with Crippen molar-refractivity contribution in [2.45, 2.75) is 39.5 Å². The van der Waals surface area contributed by atoms with E-state index >= 15 is 0 Å². The molecule has 0 unspecified atom stereocenters. The fourth-order valence-electron chi connectivity index (χ4n) is 2.09. The van der Waals surface area contributed by atoms with Crippen molar-refractivity contribution in [3.05, 3.63) is 59.7 Å². The zero-order valence-electron chi connectivity index (χ0n) is 12.0. The summed E-state index contributed by atoms with van der Waals surface area (Å²) < 4.78 is 5.90. The molecule has 0 aromatic heterocycles. The minimum absolute atomic E-state index is 0.524. The van der Waals surface area contributed by atoms with Crippen molar-refractivity contribution in [2.24, 2.45) is 0 Å². The zero-order valence-corrected chi connectivity index (χ0v) is 12.0. The van der Waals surface area contributed by atoms with Crippen LogP contribution in [-0.2, 0) is 6.42 Å². The maximum atomic E-state index is 5.90. The van der Waals surface area contributed by atoms with Crippen LogP contribution in [0.2, 0.25) is 0 Å². The number of ether oxygens (including phenoxy) is 1.